The summed E-state index contributed by atoms with van der Waals surface area (Å²) >= 11 is 0. The normalized spacial score (nSPS) is 53.6. The third kappa shape index (κ3) is 1.15. The molecule has 6 aliphatic rings. The molecule has 128 valence electrons. The molecular formula is C19H22O5. The van der Waals surface area contributed by atoms with Crippen LogP contribution in [0.4, 0.5) is 0 Å². The van der Waals surface area contributed by atoms with Gasteiger partial charge in [-0.3, -0.25) is 9.59 Å². The molecule has 2 aliphatic heterocycles. The first-order chi connectivity index (χ1) is 11.2. The molecule has 2 saturated heterocycles. The monoisotopic (exact) mass is 330 g/mol. The van der Waals surface area contributed by atoms with Gasteiger partial charge in [0.1, 0.15) is 17.8 Å². The lowest BCUT2D eigenvalue weighted by atomic mass is 9.38. The predicted molar refractivity (Wildman–Crippen MR) is 82.9 cm³/mol. The zero-order valence-electron chi connectivity index (χ0n) is 14.3. The highest BCUT2D eigenvalue weighted by atomic mass is 16.6. The number of hydrogen-bond donors (Lipinski definition) is 0. The minimum absolute atomic E-state index is 0.0338. The fraction of sp³-hybridized carbons (Fsp3) is 0.737. The van der Waals surface area contributed by atoms with Crippen molar-refractivity contribution >= 4 is 17.5 Å². The number of cyclic esters (lactones) is 1. The molecule has 24 heavy (non-hydrogen) atoms. The van der Waals surface area contributed by atoms with Crippen LogP contribution >= 0.6 is 0 Å². The number of ketones is 2. The van der Waals surface area contributed by atoms with Crippen molar-refractivity contribution in [3.8, 4) is 0 Å². The topological polar surface area (TPSA) is 69.7 Å². The van der Waals surface area contributed by atoms with Gasteiger partial charge in [-0.25, -0.2) is 4.79 Å². The van der Waals surface area contributed by atoms with Gasteiger partial charge in [0.05, 0.1) is 11.5 Å². The maximum absolute atomic E-state index is 13.5. The van der Waals surface area contributed by atoms with Crippen molar-refractivity contribution < 1.29 is 23.9 Å². The van der Waals surface area contributed by atoms with E-state index in [2.05, 4.69) is 0 Å². The average Bonchev–Trinajstić information content (AvgIpc) is 2.76. The van der Waals surface area contributed by atoms with E-state index in [1.807, 2.05) is 26.8 Å². The van der Waals surface area contributed by atoms with Gasteiger partial charge in [-0.2, -0.15) is 0 Å². The van der Waals surface area contributed by atoms with Crippen LogP contribution in [0.15, 0.2) is 12.2 Å². The number of carbonyl (C=O) groups excluding carboxylic acids is 3. The molecule has 5 fully saturated rings. The average molecular weight is 330 g/mol. The Bertz CT molecular complexity index is 736. The van der Waals surface area contributed by atoms with Crippen LogP contribution in [0.1, 0.15) is 40.0 Å². The number of ether oxygens (including phenoxy) is 2. The molecule has 0 amide bonds. The van der Waals surface area contributed by atoms with E-state index in [1.54, 1.807) is 6.08 Å². The van der Waals surface area contributed by atoms with Crippen molar-refractivity contribution in [3.05, 3.63) is 12.2 Å². The standard InChI is InChI=1S/C19H22O5/c1-10-11-4-7-18(13(10)21)17-9-23-15(22)19(18,8-11)24-14(17)16(2,3)6-5-12(17)20/h5-6,10-11,14H,4,7-9H2,1-3H3/t10-,11?,14+,17?,18?,19+/m1/s1. The second kappa shape index (κ2) is 3.85. The minimum atomic E-state index is -1.26. The van der Waals surface area contributed by atoms with Gasteiger partial charge < -0.3 is 9.47 Å². The van der Waals surface area contributed by atoms with Crippen molar-refractivity contribution in [1.82, 2.24) is 0 Å². The van der Waals surface area contributed by atoms with Crippen molar-refractivity contribution in [2.75, 3.05) is 6.61 Å². The Morgan fingerprint density at radius 1 is 1.21 bits per heavy atom. The number of allylic oxidation sites excluding steroid dienone is 1. The smallest absolute Gasteiger partial charge is 0.339 e. The number of rotatable bonds is 0. The molecule has 3 saturated carbocycles. The number of carbonyl (C=O) groups is 3. The van der Waals surface area contributed by atoms with Gasteiger partial charge in [-0.1, -0.05) is 26.8 Å². The van der Waals surface area contributed by atoms with E-state index in [4.69, 9.17) is 9.47 Å². The van der Waals surface area contributed by atoms with Crippen molar-refractivity contribution in [3.63, 3.8) is 0 Å². The molecule has 6 rings (SSSR count). The first-order valence-corrected chi connectivity index (χ1v) is 8.86. The van der Waals surface area contributed by atoms with E-state index in [9.17, 15) is 14.4 Å². The van der Waals surface area contributed by atoms with Gasteiger partial charge in [-0.15, -0.1) is 0 Å². The molecule has 0 aromatic heterocycles. The molecule has 5 nitrogen and oxygen atoms in total. The molecule has 0 aromatic carbocycles. The van der Waals surface area contributed by atoms with Crippen LogP contribution in [-0.2, 0) is 23.9 Å². The zero-order valence-corrected chi connectivity index (χ0v) is 14.3. The third-order valence-corrected chi connectivity index (χ3v) is 7.74. The Hall–Kier alpha value is -1.49. The van der Waals surface area contributed by atoms with Gasteiger partial charge in [0, 0.05) is 11.3 Å². The molecule has 4 aliphatic carbocycles. The first-order valence-electron chi connectivity index (χ1n) is 8.86. The third-order valence-electron chi connectivity index (χ3n) is 7.74. The van der Waals surface area contributed by atoms with Crippen LogP contribution in [0.2, 0.25) is 0 Å². The summed E-state index contributed by atoms with van der Waals surface area (Å²) in [6.07, 6.45) is 4.88. The number of fused-ring (bicyclic) bond motifs is 2. The Kier molecular flexibility index (Phi) is 2.37. The summed E-state index contributed by atoms with van der Waals surface area (Å²) in [5.41, 5.74) is -3.80. The summed E-state index contributed by atoms with van der Waals surface area (Å²) in [6, 6.07) is 0. The molecule has 3 unspecified atom stereocenters. The van der Waals surface area contributed by atoms with E-state index < -0.39 is 33.9 Å². The molecule has 5 heteroatoms. The molecular weight excluding hydrogens is 308 g/mol. The maximum atomic E-state index is 13.5. The molecule has 0 aromatic rings. The largest absolute Gasteiger partial charge is 0.462 e. The Morgan fingerprint density at radius 2 is 1.96 bits per heavy atom. The van der Waals surface area contributed by atoms with Crippen molar-refractivity contribution in [2.24, 2.45) is 28.1 Å². The first kappa shape index (κ1) is 14.8. The quantitative estimate of drug-likeness (QED) is 0.634. The Balaban J connectivity index is 1.87. The predicted octanol–water partition coefficient (Wildman–Crippen LogP) is 1.84. The van der Waals surface area contributed by atoms with Gasteiger partial charge in [-0.05, 0) is 31.3 Å². The highest BCUT2D eigenvalue weighted by Crippen LogP contribution is 2.75. The number of esters is 1. The molecule has 6 atom stereocenters. The number of hydrogen-bond acceptors (Lipinski definition) is 5. The highest BCUT2D eigenvalue weighted by Gasteiger charge is 2.88. The fourth-order valence-corrected chi connectivity index (χ4v) is 6.60. The number of Topliss-reactive ketones (excluding diaryl/α,β-unsaturated/α-hetero) is 1. The Morgan fingerprint density at radius 3 is 2.71 bits per heavy atom. The van der Waals surface area contributed by atoms with E-state index in [0.717, 1.165) is 6.42 Å². The van der Waals surface area contributed by atoms with Gasteiger partial charge in [0.25, 0.3) is 0 Å². The van der Waals surface area contributed by atoms with E-state index in [1.165, 1.54) is 0 Å². The van der Waals surface area contributed by atoms with Crippen LogP contribution in [-0.4, -0.2) is 35.8 Å². The minimum Gasteiger partial charge on any atom is -0.462 e. The summed E-state index contributed by atoms with van der Waals surface area (Å²) < 4.78 is 12.0. The van der Waals surface area contributed by atoms with E-state index in [0.29, 0.717) is 12.8 Å². The van der Waals surface area contributed by atoms with Crippen LogP contribution in [0.3, 0.4) is 0 Å². The second-order valence-corrected chi connectivity index (χ2v) is 8.95. The highest BCUT2D eigenvalue weighted by molar-refractivity contribution is 6.09. The maximum Gasteiger partial charge on any atom is 0.339 e. The lowest BCUT2D eigenvalue weighted by molar-refractivity contribution is -0.222. The molecule has 4 bridgehead atoms. The van der Waals surface area contributed by atoms with Gasteiger partial charge >= 0.3 is 5.97 Å². The second-order valence-electron chi connectivity index (χ2n) is 8.95. The lowest BCUT2D eigenvalue weighted by Gasteiger charge is -2.61. The molecule has 2 spiro atoms. The SMILES string of the molecule is C[C@H]1C(=O)C23CCC1C[C@@]21O[C@H]2C(C)(C)C=CC(=O)C23COC1=O. The van der Waals surface area contributed by atoms with E-state index in [-0.39, 0.29) is 30.0 Å². The molecule has 0 N–H and O–H groups in total. The fourth-order valence-electron chi connectivity index (χ4n) is 6.60. The zero-order chi connectivity index (χ0) is 17.1. The molecule has 0 radical (unpaired) electrons. The summed E-state index contributed by atoms with van der Waals surface area (Å²) in [4.78, 5) is 39.5. The van der Waals surface area contributed by atoms with Crippen molar-refractivity contribution in [2.45, 2.75) is 51.7 Å². The van der Waals surface area contributed by atoms with Gasteiger partial charge in [0.15, 0.2) is 11.4 Å². The van der Waals surface area contributed by atoms with Crippen LogP contribution in [0.5, 0.6) is 0 Å². The van der Waals surface area contributed by atoms with Crippen LogP contribution < -0.4 is 0 Å². The summed E-state index contributed by atoms with van der Waals surface area (Å²) in [6.45, 7) is 5.92. The van der Waals surface area contributed by atoms with Crippen molar-refractivity contribution in [1.29, 1.82) is 0 Å². The summed E-state index contributed by atoms with van der Waals surface area (Å²) in [5, 5.41) is 0. The van der Waals surface area contributed by atoms with Gasteiger partial charge in [0.2, 0.25) is 0 Å². The van der Waals surface area contributed by atoms with Crippen LogP contribution in [0, 0.1) is 28.1 Å². The molecule has 2 heterocycles. The van der Waals surface area contributed by atoms with E-state index >= 15 is 0 Å². The summed E-state index contributed by atoms with van der Waals surface area (Å²) in [5.74, 6) is -0.492. The summed E-state index contributed by atoms with van der Waals surface area (Å²) in [7, 11) is 0. The Labute approximate surface area is 140 Å². The van der Waals surface area contributed by atoms with Crippen LogP contribution in [0.25, 0.3) is 0 Å². The lowest BCUT2D eigenvalue weighted by Crippen LogP contribution is -2.75.